The van der Waals surface area contributed by atoms with Gasteiger partial charge < -0.3 is 15.5 Å². The summed E-state index contributed by atoms with van der Waals surface area (Å²) in [6.45, 7) is -0.0795. The maximum atomic E-state index is 11.4. The van der Waals surface area contributed by atoms with Crippen LogP contribution in [0.1, 0.15) is 18.4 Å². The molecule has 0 heterocycles. The average Bonchev–Trinajstić information content (AvgIpc) is 2.36. The Balaban J connectivity index is 2.55. The standard InChI is InChI=1S/C13H17NO4/c15-8-4-7-12(16)14-11(13(17)18)9-10-5-2-1-3-6-10/h1-3,5-6,11,15H,4,7-9H2,(H,14,16)(H,17,18)/t11-/m1/s1. The minimum Gasteiger partial charge on any atom is -0.480 e. The molecule has 0 aliphatic rings. The lowest BCUT2D eigenvalue weighted by molar-refractivity contribution is -0.141. The summed E-state index contributed by atoms with van der Waals surface area (Å²) < 4.78 is 0. The zero-order valence-electron chi connectivity index (χ0n) is 10.0. The molecule has 0 aliphatic carbocycles. The second-order valence-electron chi connectivity index (χ2n) is 3.98. The van der Waals surface area contributed by atoms with E-state index in [1.807, 2.05) is 30.3 Å². The van der Waals surface area contributed by atoms with Crippen LogP contribution in [0.5, 0.6) is 0 Å². The summed E-state index contributed by atoms with van der Waals surface area (Å²) >= 11 is 0. The van der Waals surface area contributed by atoms with Crippen molar-refractivity contribution >= 4 is 11.9 Å². The molecular formula is C13H17NO4. The minimum absolute atomic E-state index is 0.0795. The van der Waals surface area contributed by atoms with Gasteiger partial charge in [0.2, 0.25) is 5.91 Å². The van der Waals surface area contributed by atoms with Crippen molar-refractivity contribution < 1.29 is 19.8 Å². The zero-order valence-corrected chi connectivity index (χ0v) is 10.0. The van der Waals surface area contributed by atoms with E-state index in [0.717, 1.165) is 5.56 Å². The average molecular weight is 251 g/mol. The van der Waals surface area contributed by atoms with E-state index in [1.54, 1.807) is 0 Å². The van der Waals surface area contributed by atoms with Crippen molar-refractivity contribution in [3.05, 3.63) is 35.9 Å². The van der Waals surface area contributed by atoms with E-state index in [2.05, 4.69) is 5.32 Å². The van der Waals surface area contributed by atoms with Gasteiger partial charge in [-0.15, -0.1) is 0 Å². The smallest absolute Gasteiger partial charge is 0.326 e. The van der Waals surface area contributed by atoms with E-state index in [-0.39, 0.29) is 25.4 Å². The number of benzene rings is 1. The first-order valence-corrected chi connectivity index (χ1v) is 5.80. The van der Waals surface area contributed by atoms with Crippen molar-refractivity contribution in [3.63, 3.8) is 0 Å². The lowest BCUT2D eigenvalue weighted by atomic mass is 10.1. The van der Waals surface area contributed by atoms with Crippen LogP contribution in [0.25, 0.3) is 0 Å². The molecule has 0 aliphatic heterocycles. The number of aliphatic carboxylic acids is 1. The summed E-state index contributed by atoms with van der Waals surface area (Å²) in [7, 11) is 0. The summed E-state index contributed by atoms with van der Waals surface area (Å²) in [6, 6.07) is 8.19. The van der Waals surface area contributed by atoms with Gasteiger partial charge >= 0.3 is 5.97 Å². The third-order valence-electron chi connectivity index (χ3n) is 2.48. The molecule has 1 rings (SSSR count). The molecule has 0 bridgehead atoms. The highest BCUT2D eigenvalue weighted by molar-refractivity contribution is 5.83. The number of rotatable bonds is 7. The van der Waals surface area contributed by atoms with Crippen LogP contribution in [0, 0.1) is 0 Å². The fraction of sp³-hybridized carbons (Fsp3) is 0.385. The van der Waals surface area contributed by atoms with Gasteiger partial charge in [0.15, 0.2) is 0 Å². The summed E-state index contributed by atoms with van der Waals surface area (Å²) in [5.41, 5.74) is 0.854. The van der Waals surface area contributed by atoms with Crippen molar-refractivity contribution in [1.82, 2.24) is 5.32 Å². The number of carbonyl (C=O) groups is 2. The number of carboxylic acids is 1. The Morgan fingerprint density at radius 2 is 1.89 bits per heavy atom. The number of hydrogen-bond acceptors (Lipinski definition) is 3. The van der Waals surface area contributed by atoms with Gasteiger partial charge in [0.25, 0.3) is 0 Å². The fourth-order valence-electron chi connectivity index (χ4n) is 1.56. The second kappa shape index (κ2) is 7.45. The molecule has 0 saturated heterocycles. The quantitative estimate of drug-likeness (QED) is 0.661. The van der Waals surface area contributed by atoms with Crippen LogP contribution in [-0.2, 0) is 16.0 Å². The molecule has 1 amide bonds. The largest absolute Gasteiger partial charge is 0.480 e. The highest BCUT2D eigenvalue weighted by Crippen LogP contribution is 2.04. The van der Waals surface area contributed by atoms with Gasteiger partial charge in [-0.1, -0.05) is 30.3 Å². The molecule has 18 heavy (non-hydrogen) atoms. The van der Waals surface area contributed by atoms with Crippen molar-refractivity contribution in [1.29, 1.82) is 0 Å². The van der Waals surface area contributed by atoms with E-state index >= 15 is 0 Å². The zero-order chi connectivity index (χ0) is 13.4. The minimum atomic E-state index is -1.06. The highest BCUT2D eigenvalue weighted by atomic mass is 16.4. The molecule has 5 nitrogen and oxygen atoms in total. The monoisotopic (exact) mass is 251 g/mol. The van der Waals surface area contributed by atoms with E-state index < -0.39 is 12.0 Å². The summed E-state index contributed by atoms with van der Waals surface area (Å²) in [5.74, 6) is -1.41. The van der Waals surface area contributed by atoms with Gasteiger partial charge in [0.1, 0.15) is 6.04 Å². The van der Waals surface area contributed by atoms with Crippen LogP contribution in [0.4, 0.5) is 0 Å². The number of aliphatic hydroxyl groups is 1. The third-order valence-corrected chi connectivity index (χ3v) is 2.48. The van der Waals surface area contributed by atoms with Gasteiger partial charge in [0, 0.05) is 19.4 Å². The van der Waals surface area contributed by atoms with Crippen LogP contribution >= 0.6 is 0 Å². The van der Waals surface area contributed by atoms with Gasteiger partial charge in [-0.05, 0) is 12.0 Å². The first-order chi connectivity index (χ1) is 8.63. The van der Waals surface area contributed by atoms with Gasteiger partial charge in [-0.25, -0.2) is 4.79 Å². The van der Waals surface area contributed by atoms with E-state index in [0.29, 0.717) is 6.42 Å². The predicted molar refractivity (Wildman–Crippen MR) is 66.0 cm³/mol. The SMILES string of the molecule is O=C(CCCO)N[C@H](Cc1ccccc1)C(=O)O. The van der Waals surface area contributed by atoms with E-state index in [1.165, 1.54) is 0 Å². The first kappa shape index (κ1) is 14.2. The Hall–Kier alpha value is -1.88. The number of carbonyl (C=O) groups excluding carboxylic acids is 1. The normalized spacial score (nSPS) is 11.8. The van der Waals surface area contributed by atoms with Crippen molar-refractivity contribution in [3.8, 4) is 0 Å². The molecule has 0 unspecified atom stereocenters. The van der Waals surface area contributed by atoms with E-state index in [9.17, 15) is 9.59 Å². The van der Waals surface area contributed by atoms with Gasteiger partial charge in [-0.2, -0.15) is 0 Å². The third kappa shape index (κ3) is 4.97. The summed E-state index contributed by atoms with van der Waals surface area (Å²) in [5, 5.41) is 20.1. The Morgan fingerprint density at radius 3 is 2.44 bits per heavy atom. The van der Waals surface area contributed by atoms with Crippen molar-refractivity contribution in [2.24, 2.45) is 0 Å². The molecule has 5 heteroatoms. The first-order valence-electron chi connectivity index (χ1n) is 5.80. The summed E-state index contributed by atoms with van der Waals surface area (Å²) in [6.07, 6.45) is 0.722. The van der Waals surface area contributed by atoms with Crippen molar-refractivity contribution in [2.45, 2.75) is 25.3 Å². The summed E-state index contributed by atoms with van der Waals surface area (Å²) in [4.78, 5) is 22.5. The molecular weight excluding hydrogens is 234 g/mol. The fourth-order valence-corrected chi connectivity index (χ4v) is 1.56. The number of carboxylic acid groups (broad SMARTS) is 1. The van der Waals surface area contributed by atoms with Crippen LogP contribution < -0.4 is 5.32 Å². The van der Waals surface area contributed by atoms with Crippen LogP contribution in [0.3, 0.4) is 0 Å². The highest BCUT2D eigenvalue weighted by Gasteiger charge is 2.19. The maximum Gasteiger partial charge on any atom is 0.326 e. The van der Waals surface area contributed by atoms with Crippen LogP contribution in [0.15, 0.2) is 30.3 Å². The molecule has 0 spiro atoms. The van der Waals surface area contributed by atoms with Gasteiger partial charge in [-0.3, -0.25) is 4.79 Å². The van der Waals surface area contributed by atoms with Gasteiger partial charge in [0.05, 0.1) is 0 Å². The number of aliphatic hydroxyl groups excluding tert-OH is 1. The Kier molecular flexibility index (Phi) is 5.87. The molecule has 98 valence electrons. The number of nitrogens with one attached hydrogen (secondary N) is 1. The van der Waals surface area contributed by atoms with Crippen molar-refractivity contribution in [2.75, 3.05) is 6.61 Å². The Labute approximate surface area is 105 Å². The second-order valence-corrected chi connectivity index (χ2v) is 3.98. The molecule has 1 aromatic rings. The molecule has 0 saturated carbocycles. The van der Waals surface area contributed by atoms with Crippen LogP contribution in [-0.4, -0.2) is 34.7 Å². The Morgan fingerprint density at radius 1 is 1.22 bits per heavy atom. The Bertz CT molecular complexity index is 391. The molecule has 0 aromatic heterocycles. The molecule has 0 radical (unpaired) electrons. The maximum absolute atomic E-state index is 11.4. The lowest BCUT2D eigenvalue weighted by Crippen LogP contribution is -2.42. The molecule has 1 atom stereocenters. The molecule has 1 aromatic carbocycles. The lowest BCUT2D eigenvalue weighted by Gasteiger charge is -2.14. The number of amides is 1. The predicted octanol–water partition coefficient (Wildman–Crippen LogP) is 0.571. The van der Waals surface area contributed by atoms with Crippen LogP contribution in [0.2, 0.25) is 0 Å². The molecule has 3 N–H and O–H groups in total. The molecule has 0 fully saturated rings. The topological polar surface area (TPSA) is 86.6 Å². The number of hydrogen-bond donors (Lipinski definition) is 3. The van der Waals surface area contributed by atoms with E-state index in [4.69, 9.17) is 10.2 Å².